The molecule has 0 aromatic heterocycles. The number of rotatable bonds is 3. The van der Waals surface area contributed by atoms with E-state index in [0.29, 0.717) is 0 Å². The van der Waals surface area contributed by atoms with E-state index in [1.54, 1.807) is 0 Å². The summed E-state index contributed by atoms with van der Waals surface area (Å²) in [6.45, 7) is 5.14. The highest BCUT2D eigenvalue weighted by Crippen LogP contribution is 2.30. The van der Waals surface area contributed by atoms with Gasteiger partial charge < -0.3 is 5.32 Å². The van der Waals surface area contributed by atoms with Crippen LogP contribution in [-0.4, -0.2) is 7.05 Å². The van der Waals surface area contributed by atoms with Crippen LogP contribution in [0.15, 0.2) is 36.4 Å². The van der Waals surface area contributed by atoms with Crippen molar-refractivity contribution >= 4 is 11.6 Å². The van der Waals surface area contributed by atoms with E-state index in [2.05, 4.69) is 43.4 Å². The lowest BCUT2D eigenvalue weighted by atomic mass is 9.93. The average molecular weight is 260 g/mol. The standard InChI is InChI=1S/C16H18ClN/c1-11-5-4-6-15(12(11)2)16-8-7-14(17)9-13(16)10-18-3/h4-9,18H,10H2,1-3H3. The lowest BCUT2D eigenvalue weighted by Crippen LogP contribution is -2.06. The van der Waals surface area contributed by atoms with Crippen LogP contribution in [0.5, 0.6) is 0 Å². The number of halogens is 1. The summed E-state index contributed by atoms with van der Waals surface area (Å²) in [5.74, 6) is 0. The summed E-state index contributed by atoms with van der Waals surface area (Å²) in [6.07, 6.45) is 0. The molecule has 0 spiro atoms. The van der Waals surface area contributed by atoms with Crippen molar-refractivity contribution in [3.63, 3.8) is 0 Å². The summed E-state index contributed by atoms with van der Waals surface area (Å²) in [4.78, 5) is 0. The van der Waals surface area contributed by atoms with Crippen LogP contribution in [0.4, 0.5) is 0 Å². The van der Waals surface area contributed by atoms with Crippen LogP contribution in [0.3, 0.4) is 0 Å². The minimum atomic E-state index is 0.786. The quantitative estimate of drug-likeness (QED) is 0.865. The molecule has 1 N–H and O–H groups in total. The first kappa shape index (κ1) is 13.1. The molecule has 18 heavy (non-hydrogen) atoms. The highest BCUT2D eigenvalue weighted by Gasteiger charge is 2.08. The molecule has 0 aliphatic heterocycles. The largest absolute Gasteiger partial charge is 0.316 e. The summed E-state index contributed by atoms with van der Waals surface area (Å²) in [7, 11) is 1.95. The zero-order valence-corrected chi connectivity index (χ0v) is 11.8. The fourth-order valence-corrected chi connectivity index (χ4v) is 2.40. The zero-order valence-electron chi connectivity index (χ0n) is 11.0. The number of benzene rings is 2. The maximum absolute atomic E-state index is 6.08. The highest BCUT2D eigenvalue weighted by atomic mass is 35.5. The van der Waals surface area contributed by atoms with E-state index in [1.165, 1.54) is 27.8 Å². The summed E-state index contributed by atoms with van der Waals surface area (Å²) >= 11 is 6.08. The van der Waals surface area contributed by atoms with Crippen LogP contribution in [0.25, 0.3) is 11.1 Å². The molecule has 94 valence electrons. The van der Waals surface area contributed by atoms with Gasteiger partial charge in [0.15, 0.2) is 0 Å². The molecule has 0 amide bonds. The fraction of sp³-hybridized carbons (Fsp3) is 0.250. The Hall–Kier alpha value is -1.31. The van der Waals surface area contributed by atoms with Gasteiger partial charge in [-0.3, -0.25) is 0 Å². The lowest BCUT2D eigenvalue weighted by Gasteiger charge is -2.14. The second-order valence-corrected chi connectivity index (χ2v) is 5.02. The lowest BCUT2D eigenvalue weighted by molar-refractivity contribution is 0.819. The minimum Gasteiger partial charge on any atom is -0.316 e. The Morgan fingerprint density at radius 1 is 1.06 bits per heavy atom. The first-order chi connectivity index (χ1) is 8.63. The third-order valence-corrected chi connectivity index (χ3v) is 3.56. The molecular weight excluding hydrogens is 242 g/mol. The predicted molar refractivity (Wildman–Crippen MR) is 79.1 cm³/mol. The van der Waals surface area contributed by atoms with Crippen molar-refractivity contribution < 1.29 is 0 Å². The number of aryl methyl sites for hydroxylation is 1. The monoisotopic (exact) mass is 259 g/mol. The Morgan fingerprint density at radius 3 is 2.56 bits per heavy atom. The fourth-order valence-electron chi connectivity index (χ4n) is 2.20. The Balaban J connectivity index is 2.59. The minimum absolute atomic E-state index is 0.786. The van der Waals surface area contributed by atoms with E-state index in [4.69, 9.17) is 11.6 Å². The van der Waals surface area contributed by atoms with Gasteiger partial charge in [0.25, 0.3) is 0 Å². The Labute approximate surface area is 114 Å². The van der Waals surface area contributed by atoms with Crippen molar-refractivity contribution in [2.45, 2.75) is 20.4 Å². The molecule has 0 saturated heterocycles. The van der Waals surface area contributed by atoms with Gasteiger partial charge in [-0.1, -0.05) is 35.9 Å². The van der Waals surface area contributed by atoms with Gasteiger partial charge >= 0.3 is 0 Å². The Kier molecular flexibility index (Phi) is 4.05. The molecule has 2 heteroatoms. The van der Waals surface area contributed by atoms with E-state index < -0.39 is 0 Å². The van der Waals surface area contributed by atoms with E-state index >= 15 is 0 Å². The van der Waals surface area contributed by atoms with Crippen molar-refractivity contribution in [3.05, 3.63) is 58.1 Å². The molecule has 0 unspecified atom stereocenters. The van der Waals surface area contributed by atoms with Crippen LogP contribution in [0.2, 0.25) is 5.02 Å². The van der Waals surface area contributed by atoms with Gasteiger partial charge in [-0.25, -0.2) is 0 Å². The van der Waals surface area contributed by atoms with Crippen molar-refractivity contribution in [1.29, 1.82) is 0 Å². The predicted octanol–water partition coefficient (Wildman–Crippen LogP) is 4.34. The molecule has 0 bridgehead atoms. The van der Waals surface area contributed by atoms with Crippen molar-refractivity contribution in [2.24, 2.45) is 0 Å². The Bertz CT molecular complexity index is 561. The smallest absolute Gasteiger partial charge is 0.0409 e. The van der Waals surface area contributed by atoms with Crippen LogP contribution >= 0.6 is 11.6 Å². The maximum Gasteiger partial charge on any atom is 0.0409 e. The summed E-state index contributed by atoms with van der Waals surface area (Å²) in [5, 5.41) is 3.98. The molecule has 0 saturated carbocycles. The summed E-state index contributed by atoms with van der Waals surface area (Å²) in [6, 6.07) is 12.5. The van der Waals surface area contributed by atoms with E-state index in [1.807, 2.05) is 19.2 Å². The Morgan fingerprint density at radius 2 is 1.83 bits per heavy atom. The first-order valence-corrected chi connectivity index (χ1v) is 6.51. The van der Waals surface area contributed by atoms with Crippen LogP contribution in [0, 0.1) is 13.8 Å². The van der Waals surface area contributed by atoms with Crippen LogP contribution in [0.1, 0.15) is 16.7 Å². The molecule has 0 radical (unpaired) electrons. The topological polar surface area (TPSA) is 12.0 Å². The van der Waals surface area contributed by atoms with Gasteiger partial charge in [-0.05, 0) is 60.8 Å². The molecule has 0 aliphatic carbocycles. The van der Waals surface area contributed by atoms with Gasteiger partial charge in [-0.2, -0.15) is 0 Å². The zero-order chi connectivity index (χ0) is 13.1. The van der Waals surface area contributed by atoms with E-state index in [0.717, 1.165) is 11.6 Å². The van der Waals surface area contributed by atoms with Crippen molar-refractivity contribution in [3.8, 4) is 11.1 Å². The molecule has 0 fully saturated rings. The molecule has 0 atom stereocenters. The van der Waals surface area contributed by atoms with Gasteiger partial charge in [0.1, 0.15) is 0 Å². The van der Waals surface area contributed by atoms with Crippen molar-refractivity contribution in [1.82, 2.24) is 5.32 Å². The van der Waals surface area contributed by atoms with Crippen LogP contribution < -0.4 is 5.32 Å². The van der Waals surface area contributed by atoms with Gasteiger partial charge in [-0.15, -0.1) is 0 Å². The second kappa shape index (κ2) is 5.55. The molecule has 2 rings (SSSR count). The average Bonchev–Trinajstić information content (AvgIpc) is 2.34. The molecule has 2 aromatic carbocycles. The third kappa shape index (κ3) is 2.58. The first-order valence-electron chi connectivity index (χ1n) is 6.13. The second-order valence-electron chi connectivity index (χ2n) is 4.58. The maximum atomic E-state index is 6.08. The normalized spacial score (nSPS) is 10.7. The van der Waals surface area contributed by atoms with Gasteiger partial charge in [0.05, 0.1) is 0 Å². The highest BCUT2D eigenvalue weighted by molar-refractivity contribution is 6.30. The van der Waals surface area contributed by atoms with Crippen LogP contribution in [-0.2, 0) is 6.54 Å². The molecular formula is C16H18ClN. The number of hydrogen-bond donors (Lipinski definition) is 1. The summed E-state index contributed by atoms with van der Waals surface area (Å²) in [5.41, 5.74) is 6.43. The number of hydrogen-bond acceptors (Lipinski definition) is 1. The number of nitrogens with one attached hydrogen (secondary N) is 1. The molecule has 1 nitrogen and oxygen atoms in total. The van der Waals surface area contributed by atoms with E-state index in [9.17, 15) is 0 Å². The molecule has 0 heterocycles. The SMILES string of the molecule is CNCc1cc(Cl)ccc1-c1cccc(C)c1C. The van der Waals surface area contributed by atoms with Gasteiger partial charge in [0.2, 0.25) is 0 Å². The van der Waals surface area contributed by atoms with E-state index in [-0.39, 0.29) is 0 Å². The molecule has 2 aromatic rings. The molecule has 0 aliphatic rings. The van der Waals surface area contributed by atoms with Gasteiger partial charge in [0, 0.05) is 11.6 Å². The third-order valence-electron chi connectivity index (χ3n) is 3.33. The summed E-state index contributed by atoms with van der Waals surface area (Å²) < 4.78 is 0. The van der Waals surface area contributed by atoms with Crippen molar-refractivity contribution in [2.75, 3.05) is 7.05 Å².